The molecule has 0 bridgehead atoms. The molecule has 0 aliphatic carbocycles. The van der Waals surface area contributed by atoms with Crippen LogP contribution in [0.3, 0.4) is 0 Å². The summed E-state index contributed by atoms with van der Waals surface area (Å²) < 4.78 is 28.4. The van der Waals surface area contributed by atoms with Gasteiger partial charge in [-0.2, -0.15) is 0 Å². The molecule has 168 valence electrons. The van der Waals surface area contributed by atoms with Gasteiger partial charge in [0.1, 0.15) is 0 Å². The van der Waals surface area contributed by atoms with Crippen molar-refractivity contribution in [1.82, 2.24) is 4.90 Å². The SMILES string of the molecule is O=C(c1cccc(S(=O)(=O)N2CCc3ccccc32)c1)N(Cc1cccs1)Cc1cccs1. The molecule has 8 heteroatoms. The molecular weight excluding hydrogens is 472 g/mol. The number of fused-ring (bicyclic) bond motifs is 1. The third-order valence-electron chi connectivity index (χ3n) is 5.65. The number of thiophene rings is 2. The minimum atomic E-state index is -3.77. The molecule has 0 unspecified atom stereocenters. The fourth-order valence-electron chi connectivity index (χ4n) is 4.04. The number of rotatable bonds is 7. The van der Waals surface area contributed by atoms with E-state index in [2.05, 4.69) is 0 Å². The lowest BCUT2D eigenvalue weighted by Gasteiger charge is -2.23. The van der Waals surface area contributed by atoms with Crippen LogP contribution in [0.1, 0.15) is 25.7 Å². The minimum Gasteiger partial charge on any atom is -0.328 e. The molecule has 1 aliphatic rings. The van der Waals surface area contributed by atoms with Crippen LogP contribution in [0.25, 0.3) is 0 Å². The first kappa shape index (κ1) is 21.9. The van der Waals surface area contributed by atoms with E-state index in [-0.39, 0.29) is 10.8 Å². The van der Waals surface area contributed by atoms with Crippen LogP contribution in [0.15, 0.2) is 88.5 Å². The Hall–Kier alpha value is -2.94. The lowest BCUT2D eigenvalue weighted by Crippen LogP contribution is -2.31. The van der Waals surface area contributed by atoms with Crippen LogP contribution < -0.4 is 4.31 Å². The number of hydrogen-bond donors (Lipinski definition) is 0. The molecular formula is C25H22N2O3S3. The molecule has 5 rings (SSSR count). The van der Waals surface area contributed by atoms with Gasteiger partial charge in [0, 0.05) is 21.9 Å². The zero-order valence-corrected chi connectivity index (χ0v) is 20.2. The van der Waals surface area contributed by atoms with Crippen LogP contribution in [-0.4, -0.2) is 25.8 Å². The van der Waals surface area contributed by atoms with Gasteiger partial charge in [0.25, 0.3) is 15.9 Å². The van der Waals surface area contributed by atoms with Gasteiger partial charge >= 0.3 is 0 Å². The highest BCUT2D eigenvalue weighted by Gasteiger charge is 2.31. The normalized spacial score (nSPS) is 13.2. The van der Waals surface area contributed by atoms with E-state index in [1.54, 1.807) is 45.8 Å². The quantitative estimate of drug-likeness (QED) is 0.345. The van der Waals surface area contributed by atoms with Crippen molar-refractivity contribution in [3.05, 3.63) is 104 Å². The molecule has 0 fully saturated rings. The number of amides is 1. The maximum absolute atomic E-state index is 13.5. The van der Waals surface area contributed by atoms with Gasteiger partial charge in [0.2, 0.25) is 0 Å². The van der Waals surface area contributed by atoms with Gasteiger partial charge in [0.15, 0.2) is 0 Å². The number of nitrogens with zero attached hydrogens (tertiary/aromatic N) is 2. The van der Waals surface area contributed by atoms with Gasteiger partial charge in [-0.15, -0.1) is 22.7 Å². The fourth-order valence-corrected chi connectivity index (χ4v) is 7.03. The number of benzene rings is 2. The van der Waals surface area contributed by atoms with E-state index in [0.29, 0.717) is 37.3 Å². The molecule has 3 heterocycles. The lowest BCUT2D eigenvalue weighted by molar-refractivity contribution is 0.0733. The van der Waals surface area contributed by atoms with Gasteiger partial charge in [-0.25, -0.2) is 8.42 Å². The van der Waals surface area contributed by atoms with Crippen molar-refractivity contribution in [2.24, 2.45) is 0 Å². The van der Waals surface area contributed by atoms with E-state index >= 15 is 0 Å². The van der Waals surface area contributed by atoms with Crippen molar-refractivity contribution in [1.29, 1.82) is 0 Å². The molecule has 0 saturated carbocycles. The molecule has 1 amide bonds. The molecule has 0 saturated heterocycles. The van der Waals surface area contributed by atoms with E-state index < -0.39 is 10.0 Å². The zero-order chi connectivity index (χ0) is 22.8. The summed E-state index contributed by atoms with van der Waals surface area (Å²) in [7, 11) is -3.77. The van der Waals surface area contributed by atoms with E-state index in [0.717, 1.165) is 15.3 Å². The monoisotopic (exact) mass is 494 g/mol. The Kier molecular flexibility index (Phi) is 6.05. The minimum absolute atomic E-state index is 0.136. The van der Waals surface area contributed by atoms with Crippen molar-refractivity contribution in [3.63, 3.8) is 0 Å². The van der Waals surface area contributed by atoms with Crippen LogP contribution >= 0.6 is 22.7 Å². The van der Waals surface area contributed by atoms with Gasteiger partial charge in [-0.3, -0.25) is 9.10 Å². The number of carbonyl (C=O) groups is 1. The van der Waals surface area contributed by atoms with Gasteiger partial charge in [0.05, 0.1) is 23.7 Å². The van der Waals surface area contributed by atoms with Crippen LogP contribution in [0.5, 0.6) is 0 Å². The molecule has 0 N–H and O–H groups in total. The highest BCUT2D eigenvalue weighted by Crippen LogP contribution is 2.33. The van der Waals surface area contributed by atoms with Crippen molar-refractivity contribution in [2.45, 2.75) is 24.4 Å². The first-order valence-electron chi connectivity index (χ1n) is 10.6. The first-order valence-corrected chi connectivity index (χ1v) is 13.8. The molecule has 2 aromatic heterocycles. The lowest BCUT2D eigenvalue weighted by atomic mass is 10.2. The molecule has 0 radical (unpaired) electrons. The summed E-state index contributed by atoms with van der Waals surface area (Å²) in [6.45, 7) is 1.36. The predicted octanol–water partition coefficient (Wildman–Crippen LogP) is 5.40. The van der Waals surface area contributed by atoms with E-state index in [9.17, 15) is 13.2 Å². The van der Waals surface area contributed by atoms with E-state index in [1.165, 1.54) is 10.4 Å². The van der Waals surface area contributed by atoms with Crippen LogP contribution in [0, 0.1) is 0 Å². The van der Waals surface area contributed by atoms with E-state index in [1.807, 2.05) is 59.3 Å². The summed E-state index contributed by atoms with van der Waals surface area (Å²) in [4.78, 5) is 17.6. The smallest absolute Gasteiger partial charge is 0.264 e. The molecule has 1 aliphatic heterocycles. The van der Waals surface area contributed by atoms with Crippen molar-refractivity contribution >= 4 is 44.3 Å². The number of hydrogen-bond acceptors (Lipinski definition) is 5. The molecule has 4 aromatic rings. The second kappa shape index (κ2) is 9.13. The third-order valence-corrected chi connectivity index (χ3v) is 9.19. The summed E-state index contributed by atoms with van der Waals surface area (Å²) in [6, 6.07) is 21.9. The Morgan fingerprint density at radius 3 is 2.24 bits per heavy atom. The van der Waals surface area contributed by atoms with Crippen LogP contribution in [0.2, 0.25) is 0 Å². The van der Waals surface area contributed by atoms with Crippen LogP contribution in [-0.2, 0) is 29.5 Å². The van der Waals surface area contributed by atoms with Gasteiger partial charge < -0.3 is 4.90 Å². The maximum Gasteiger partial charge on any atom is 0.264 e. The Bertz CT molecular complexity index is 1330. The summed E-state index contributed by atoms with van der Waals surface area (Å²) in [5.74, 6) is -0.185. The molecule has 0 spiro atoms. The van der Waals surface area contributed by atoms with Crippen LogP contribution in [0.4, 0.5) is 5.69 Å². The molecule has 0 atom stereocenters. The highest BCUT2D eigenvalue weighted by molar-refractivity contribution is 7.92. The number of carbonyl (C=O) groups excluding carboxylic acids is 1. The van der Waals surface area contributed by atoms with Crippen molar-refractivity contribution < 1.29 is 13.2 Å². The fraction of sp³-hybridized carbons (Fsp3) is 0.160. The zero-order valence-electron chi connectivity index (χ0n) is 17.8. The van der Waals surface area contributed by atoms with Gasteiger partial charge in [-0.05, 0) is 59.1 Å². The Morgan fingerprint density at radius 1 is 0.879 bits per heavy atom. The predicted molar refractivity (Wildman–Crippen MR) is 133 cm³/mol. The highest BCUT2D eigenvalue weighted by atomic mass is 32.2. The largest absolute Gasteiger partial charge is 0.328 e. The molecule has 5 nitrogen and oxygen atoms in total. The topological polar surface area (TPSA) is 57.7 Å². The average Bonchev–Trinajstić information content (AvgIpc) is 3.60. The standard InChI is InChI=1S/C25H22N2O3S3/c28-25(26(17-21-8-4-14-31-21)18-22-9-5-15-32-22)20-7-3-10-23(16-20)33(29,30)27-13-12-19-6-1-2-11-24(19)27/h1-11,14-16H,12-13,17-18H2. The van der Waals surface area contributed by atoms with Crippen molar-refractivity contribution in [3.8, 4) is 0 Å². The second-order valence-corrected chi connectivity index (χ2v) is 11.7. The Morgan fingerprint density at radius 2 is 1.58 bits per heavy atom. The summed E-state index contributed by atoms with van der Waals surface area (Å²) in [6.07, 6.45) is 0.684. The molecule has 33 heavy (non-hydrogen) atoms. The Labute approximate surface area is 201 Å². The average molecular weight is 495 g/mol. The number of anilines is 1. The van der Waals surface area contributed by atoms with Gasteiger partial charge in [-0.1, -0.05) is 36.4 Å². The Balaban J connectivity index is 1.45. The van der Waals surface area contributed by atoms with Crippen molar-refractivity contribution in [2.75, 3.05) is 10.8 Å². The summed E-state index contributed by atoms with van der Waals surface area (Å²) in [5.41, 5.74) is 2.11. The third kappa shape index (κ3) is 4.46. The number of para-hydroxylation sites is 1. The second-order valence-electron chi connectivity index (χ2n) is 7.80. The summed E-state index contributed by atoms with van der Waals surface area (Å²) >= 11 is 3.20. The molecule has 2 aromatic carbocycles. The summed E-state index contributed by atoms with van der Waals surface area (Å²) in [5, 5.41) is 3.98. The first-order chi connectivity index (χ1) is 16.0. The van der Waals surface area contributed by atoms with E-state index in [4.69, 9.17) is 0 Å². The number of sulfonamides is 1. The maximum atomic E-state index is 13.5.